The quantitative estimate of drug-likeness (QED) is 0.561. The average Bonchev–Trinajstić information content (AvgIpc) is 3.02. The van der Waals surface area contributed by atoms with Gasteiger partial charge in [0.2, 0.25) is 0 Å². The van der Waals surface area contributed by atoms with Crippen LogP contribution in [0.5, 0.6) is 0 Å². The predicted octanol–water partition coefficient (Wildman–Crippen LogP) is 5.52. The van der Waals surface area contributed by atoms with E-state index in [0.29, 0.717) is 21.8 Å². The lowest BCUT2D eigenvalue weighted by Crippen LogP contribution is -2.14. The molecule has 28 heavy (non-hydrogen) atoms. The molecule has 3 rings (SSSR count). The maximum absolute atomic E-state index is 12.8. The summed E-state index contributed by atoms with van der Waals surface area (Å²) in [5.74, 6) is 0. The van der Waals surface area contributed by atoms with E-state index < -0.39 is 21.8 Å². The summed E-state index contributed by atoms with van der Waals surface area (Å²) in [6.45, 7) is 1.60. The third kappa shape index (κ3) is 4.65. The molecular formula is C18H14ClF3N2O2S2. The third-order valence-corrected chi connectivity index (χ3v) is 6.75. The Morgan fingerprint density at radius 2 is 1.89 bits per heavy atom. The minimum absolute atomic E-state index is 0.0367. The zero-order valence-corrected chi connectivity index (χ0v) is 16.8. The molecule has 2 aromatic carbocycles. The summed E-state index contributed by atoms with van der Waals surface area (Å²) >= 11 is 7.03. The lowest BCUT2D eigenvalue weighted by atomic mass is 10.1. The highest BCUT2D eigenvalue weighted by Crippen LogP contribution is 2.30. The van der Waals surface area contributed by atoms with Crippen molar-refractivity contribution >= 4 is 38.1 Å². The second kappa shape index (κ2) is 7.73. The molecule has 0 unspecified atom stereocenters. The number of thiazole rings is 1. The Morgan fingerprint density at radius 1 is 1.18 bits per heavy atom. The summed E-state index contributed by atoms with van der Waals surface area (Å²) in [6, 6.07) is 9.50. The van der Waals surface area contributed by atoms with Crippen LogP contribution in [0.3, 0.4) is 0 Å². The summed E-state index contributed by atoms with van der Waals surface area (Å²) in [7, 11) is -3.89. The molecule has 1 N–H and O–H groups in total. The molecule has 1 heterocycles. The number of anilines is 1. The van der Waals surface area contributed by atoms with Crippen molar-refractivity contribution in [3.63, 3.8) is 0 Å². The van der Waals surface area contributed by atoms with Crippen LogP contribution in [-0.4, -0.2) is 13.4 Å². The predicted molar refractivity (Wildman–Crippen MR) is 103 cm³/mol. The number of rotatable bonds is 5. The second-order valence-corrected chi connectivity index (χ2v) is 8.90. The maximum Gasteiger partial charge on any atom is 0.416 e. The zero-order valence-electron chi connectivity index (χ0n) is 14.4. The van der Waals surface area contributed by atoms with Gasteiger partial charge < -0.3 is 0 Å². The van der Waals surface area contributed by atoms with Crippen LogP contribution in [-0.2, 0) is 22.6 Å². The topological polar surface area (TPSA) is 59.1 Å². The number of benzene rings is 2. The Hall–Kier alpha value is -2.10. The van der Waals surface area contributed by atoms with Crippen LogP contribution < -0.4 is 4.72 Å². The van der Waals surface area contributed by atoms with E-state index in [1.165, 1.54) is 18.2 Å². The van der Waals surface area contributed by atoms with Gasteiger partial charge in [-0.25, -0.2) is 13.4 Å². The molecular weight excluding hydrogens is 433 g/mol. The molecule has 0 aliphatic carbocycles. The van der Waals surface area contributed by atoms with Gasteiger partial charge in [-0.1, -0.05) is 35.9 Å². The highest BCUT2D eigenvalue weighted by Gasteiger charge is 2.30. The largest absolute Gasteiger partial charge is 0.416 e. The van der Waals surface area contributed by atoms with E-state index in [0.717, 1.165) is 23.5 Å². The summed E-state index contributed by atoms with van der Waals surface area (Å²) in [5.41, 5.74) is 0.569. The van der Waals surface area contributed by atoms with Gasteiger partial charge >= 0.3 is 6.18 Å². The fourth-order valence-corrected chi connectivity index (χ4v) is 5.01. The Kier molecular flexibility index (Phi) is 5.69. The molecule has 0 bridgehead atoms. The molecule has 0 spiro atoms. The van der Waals surface area contributed by atoms with Crippen molar-refractivity contribution in [2.75, 3.05) is 4.72 Å². The van der Waals surface area contributed by atoms with Gasteiger partial charge in [0.1, 0.15) is 0 Å². The first kappa shape index (κ1) is 20.6. The number of sulfonamides is 1. The van der Waals surface area contributed by atoms with Gasteiger partial charge in [-0.15, -0.1) is 11.3 Å². The molecule has 1 aromatic heterocycles. The Morgan fingerprint density at radius 3 is 2.61 bits per heavy atom. The molecule has 0 amide bonds. The molecule has 0 atom stereocenters. The van der Waals surface area contributed by atoms with Crippen LogP contribution in [0.2, 0.25) is 5.02 Å². The summed E-state index contributed by atoms with van der Waals surface area (Å²) in [5, 5.41) is 2.05. The van der Waals surface area contributed by atoms with Gasteiger partial charge in [-0.2, -0.15) is 13.2 Å². The Bertz CT molecular complexity index is 1110. The molecule has 0 radical (unpaired) electrons. The molecule has 0 fully saturated rings. The molecule has 0 saturated carbocycles. The van der Waals surface area contributed by atoms with Crippen molar-refractivity contribution in [2.24, 2.45) is 0 Å². The first-order valence-corrected chi connectivity index (χ1v) is 10.7. The van der Waals surface area contributed by atoms with Crippen LogP contribution >= 0.6 is 22.9 Å². The van der Waals surface area contributed by atoms with Crippen molar-refractivity contribution in [1.29, 1.82) is 0 Å². The molecule has 0 aliphatic heterocycles. The molecule has 10 heteroatoms. The Labute approximate surface area is 169 Å². The van der Waals surface area contributed by atoms with Crippen molar-refractivity contribution in [2.45, 2.75) is 24.4 Å². The number of hydrogen-bond donors (Lipinski definition) is 1. The molecule has 4 nitrogen and oxygen atoms in total. The van der Waals surface area contributed by atoms with Crippen LogP contribution in [0.4, 0.5) is 18.3 Å². The highest BCUT2D eigenvalue weighted by atomic mass is 35.5. The minimum atomic E-state index is -4.42. The van der Waals surface area contributed by atoms with Crippen LogP contribution in [0, 0.1) is 6.92 Å². The van der Waals surface area contributed by atoms with Gasteiger partial charge in [0.25, 0.3) is 10.0 Å². The van der Waals surface area contributed by atoms with Gasteiger partial charge in [0, 0.05) is 16.8 Å². The maximum atomic E-state index is 12.8. The number of halogens is 4. The number of aromatic nitrogens is 1. The normalized spacial score (nSPS) is 12.2. The van der Waals surface area contributed by atoms with Crippen LogP contribution in [0.15, 0.2) is 52.7 Å². The molecule has 148 valence electrons. The number of nitrogens with one attached hydrogen (secondary N) is 1. The highest BCUT2D eigenvalue weighted by molar-refractivity contribution is 7.93. The standard InChI is InChI=1S/C18H14ClF3N2O2S2/c1-11-15(19)6-3-7-16(11)28(25,26)24-17-23-14(10-27-17)9-12-4-2-5-13(8-12)18(20,21)22/h2-8,10H,9H2,1H3,(H,23,24). The van der Waals surface area contributed by atoms with E-state index in [9.17, 15) is 21.6 Å². The van der Waals surface area contributed by atoms with Gasteiger partial charge in [-0.05, 0) is 36.2 Å². The smallest absolute Gasteiger partial charge is 0.255 e. The van der Waals surface area contributed by atoms with E-state index in [2.05, 4.69) is 9.71 Å². The summed E-state index contributed by atoms with van der Waals surface area (Å²) < 4.78 is 66.0. The second-order valence-electron chi connectivity index (χ2n) is 5.99. The fraction of sp³-hybridized carbons (Fsp3) is 0.167. The third-order valence-electron chi connectivity index (χ3n) is 3.92. The van der Waals surface area contributed by atoms with Crippen molar-refractivity contribution in [1.82, 2.24) is 4.98 Å². The van der Waals surface area contributed by atoms with Gasteiger partial charge in [0.15, 0.2) is 5.13 Å². The number of hydrogen-bond acceptors (Lipinski definition) is 4. The Balaban J connectivity index is 1.79. The molecule has 3 aromatic rings. The van der Waals surface area contributed by atoms with Gasteiger partial charge in [-0.3, -0.25) is 4.72 Å². The lowest BCUT2D eigenvalue weighted by molar-refractivity contribution is -0.137. The molecule has 0 saturated heterocycles. The monoisotopic (exact) mass is 446 g/mol. The van der Waals surface area contributed by atoms with Crippen molar-refractivity contribution in [3.05, 3.63) is 75.3 Å². The summed E-state index contributed by atoms with van der Waals surface area (Å²) in [6.07, 6.45) is -4.27. The SMILES string of the molecule is Cc1c(Cl)cccc1S(=O)(=O)Nc1nc(Cc2cccc(C(F)(F)F)c2)cs1. The van der Waals surface area contributed by atoms with E-state index in [1.54, 1.807) is 24.4 Å². The van der Waals surface area contributed by atoms with Crippen molar-refractivity contribution in [3.8, 4) is 0 Å². The fourth-order valence-electron chi connectivity index (χ4n) is 2.55. The van der Waals surface area contributed by atoms with Crippen LogP contribution in [0.25, 0.3) is 0 Å². The van der Waals surface area contributed by atoms with E-state index in [4.69, 9.17) is 11.6 Å². The van der Waals surface area contributed by atoms with Crippen LogP contribution in [0.1, 0.15) is 22.4 Å². The number of nitrogens with zero attached hydrogens (tertiary/aromatic N) is 1. The summed E-state index contributed by atoms with van der Waals surface area (Å²) in [4.78, 5) is 4.21. The molecule has 0 aliphatic rings. The average molecular weight is 447 g/mol. The van der Waals surface area contributed by atoms with Gasteiger partial charge in [0.05, 0.1) is 16.2 Å². The zero-order chi connectivity index (χ0) is 20.5. The number of alkyl halides is 3. The van der Waals surface area contributed by atoms with E-state index in [1.807, 2.05) is 0 Å². The lowest BCUT2D eigenvalue weighted by Gasteiger charge is -2.09. The first-order valence-electron chi connectivity index (χ1n) is 7.95. The first-order chi connectivity index (χ1) is 13.1. The van der Waals surface area contributed by atoms with E-state index in [-0.39, 0.29) is 16.4 Å². The minimum Gasteiger partial charge on any atom is -0.255 e. The van der Waals surface area contributed by atoms with Crippen molar-refractivity contribution < 1.29 is 21.6 Å². The van der Waals surface area contributed by atoms with E-state index >= 15 is 0 Å².